The van der Waals surface area contributed by atoms with E-state index in [1.807, 2.05) is 27.7 Å². The SMILES string of the molecule is CC#C[C@]1(O)CCC2C3CC=C4CC(=O)CCC4=C3[C@@H](c3ccc(N(C)CCO[C@H]4CC[C@@]5(C)[C@@H](C4)C[C@@H](OC(=O)CCCCNC(=O)OC(C)(C)C)[C@@H]4[C@@H]5C[C@H](O)[C@]5(C)[C@@H]([C@H](C)CCC(=O)O)CC[C@@H]45)cc3)C[C@@]21C. The molecule has 12 nitrogen and oxygen atoms in total. The molecule has 8 aliphatic carbocycles. The number of alkyl carbamates (subject to hydrolysis) is 1. The zero-order chi connectivity index (χ0) is 54.5. The molecule has 7 fully saturated rings. The molecule has 1 aromatic rings. The first-order chi connectivity index (χ1) is 36.0. The molecule has 0 saturated heterocycles. The van der Waals surface area contributed by atoms with Gasteiger partial charge in [0.2, 0.25) is 0 Å². The number of carboxylic acids is 1. The van der Waals surface area contributed by atoms with Gasteiger partial charge in [0.1, 0.15) is 23.1 Å². The fraction of sp³-hybridized carbons (Fsp3) is 0.750. The number of carboxylic acid groups (broad SMARTS) is 1. The van der Waals surface area contributed by atoms with Crippen molar-refractivity contribution in [3.63, 3.8) is 0 Å². The lowest BCUT2D eigenvalue weighted by Gasteiger charge is -2.64. The van der Waals surface area contributed by atoms with E-state index in [4.69, 9.17) is 14.2 Å². The quantitative estimate of drug-likeness (QED) is 0.0705. The molecular formula is C64H92N2O10. The van der Waals surface area contributed by atoms with Gasteiger partial charge in [-0.1, -0.05) is 57.4 Å². The average Bonchev–Trinajstić information content (AvgIpc) is 3.96. The maximum absolute atomic E-state index is 13.9. The first kappa shape index (κ1) is 56.5. The summed E-state index contributed by atoms with van der Waals surface area (Å²) in [6.07, 6.45) is 14.8. The predicted molar refractivity (Wildman–Crippen MR) is 294 cm³/mol. The maximum Gasteiger partial charge on any atom is 0.407 e. The number of ketones is 1. The van der Waals surface area contributed by atoms with Gasteiger partial charge in [-0.25, -0.2) is 4.79 Å². The van der Waals surface area contributed by atoms with Gasteiger partial charge in [-0.15, -0.1) is 5.92 Å². The Morgan fingerprint density at radius 2 is 1.71 bits per heavy atom. The molecule has 9 rings (SSSR count). The summed E-state index contributed by atoms with van der Waals surface area (Å²) in [6, 6.07) is 9.05. The number of nitrogens with one attached hydrogen (secondary N) is 1. The normalized spacial score (nSPS) is 37.9. The highest BCUT2D eigenvalue weighted by Gasteiger charge is 2.67. The smallest absolute Gasteiger partial charge is 0.407 e. The standard InChI is InChI=1S/C64H92N2O10/c1-10-28-64(73)30-27-50-47-21-17-41-34-44(67)20-22-46(41)57(47)48(38-62(50,64)7)40-15-18-43(19-16-40)66(9)32-33-74-45-26-29-61(6)42(35-45)36-53(75-56(71)13-11-12-31-65-59(72)76-60(3,4)5)58-51-24-23-49(39(2)14-25-55(69)70)63(51,8)54(68)37-52(58)61/h15-19,39,42,45,47-54,58,68,73H,11-14,20-27,29-38H2,1-9H3,(H,65,72)(H,69,70)/t39-,42+,45+,47?,48-,49-,50?,51+,52+,53-,54+,58+,61+,62+,63-,64+/m1/s1. The fourth-order valence-corrected chi connectivity index (χ4v) is 17.8. The van der Waals surface area contributed by atoms with Crippen molar-refractivity contribution in [2.45, 2.75) is 213 Å². The van der Waals surface area contributed by atoms with Gasteiger partial charge < -0.3 is 39.7 Å². The highest BCUT2D eigenvalue weighted by Crippen LogP contribution is 2.70. The molecule has 418 valence electrons. The van der Waals surface area contributed by atoms with Gasteiger partial charge in [-0.05, 0) is 205 Å². The van der Waals surface area contributed by atoms with E-state index in [9.17, 15) is 34.5 Å². The number of aliphatic hydroxyl groups excluding tert-OH is 1. The van der Waals surface area contributed by atoms with E-state index in [1.54, 1.807) is 0 Å². The van der Waals surface area contributed by atoms with Crippen molar-refractivity contribution in [2.24, 2.45) is 63.6 Å². The largest absolute Gasteiger partial charge is 0.481 e. The molecule has 0 radical (unpaired) electrons. The lowest BCUT2D eigenvalue weighted by atomic mass is 9.43. The van der Waals surface area contributed by atoms with E-state index in [2.05, 4.69) is 87.1 Å². The highest BCUT2D eigenvalue weighted by molar-refractivity contribution is 5.85. The minimum atomic E-state index is -1.02. The Bertz CT molecular complexity index is 2470. The molecule has 4 N–H and O–H groups in total. The number of carbonyl (C=O) groups excluding carboxylic acids is 3. The number of carbonyl (C=O) groups is 4. The first-order valence-electron chi connectivity index (χ1n) is 29.6. The summed E-state index contributed by atoms with van der Waals surface area (Å²) >= 11 is 0. The monoisotopic (exact) mass is 1050 g/mol. The third kappa shape index (κ3) is 10.8. The summed E-state index contributed by atoms with van der Waals surface area (Å²) < 4.78 is 18.8. The Balaban J connectivity index is 0.859. The molecular weight excluding hydrogens is 957 g/mol. The molecule has 76 heavy (non-hydrogen) atoms. The summed E-state index contributed by atoms with van der Waals surface area (Å²) in [5.74, 6) is 7.58. The number of rotatable bonds is 16. The topological polar surface area (TPSA) is 172 Å². The van der Waals surface area contributed by atoms with Gasteiger partial charge >= 0.3 is 18.0 Å². The van der Waals surface area contributed by atoms with Crippen LogP contribution in [0.1, 0.15) is 189 Å². The molecule has 7 saturated carbocycles. The van der Waals surface area contributed by atoms with E-state index in [0.717, 1.165) is 76.4 Å². The summed E-state index contributed by atoms with van der Waals surface area (Å²) in [7, 11) is 2.13. The zero-order valence-electron chi connectivity index (χ0n) is 47.5. The number of hydrogen-bond donors (Lipinski definition) is 4. The second-order valence-electron chi connectivity index (χ2n) is 26.9. The molecule has 0 aromatic heterocycles. The highest BCUT2D eigenvalue weighted by atomic mass is 16.6. The van der Waals surface area contributed by atoms with Gasteiger partial charge in [0, 0.05) is 68.8 Å². The molecule has 2 unspecified atom stereocenters. The molecule has 0 aliphatic heterocycles. The van der Waals surface area contributed by atoms with Crippen LogP contribution in [0.15, 0.2) is 47.1 Å². The minimum absolute atomic E-state index is 0.0498. The van der Waals surface area contributed by atoms with Crippen LogP contribution in [0, 0.1) is 75.4 Å². The number of unbranched alkanes of at least 4 members (excludes halogenated alkanes) is 1. The molecule has 12 heteroatoms. The van der Waals surface area contributed by atoms with E-state index >= 15 is 0 Å². The van der Waals surface area contributed by atoms with Gasteiger partial charge in [0.05, 0.1) is 18.8 Å². The Morgan fingerprint density at radius 1 is 0.947 bits per heavy atom. The number of Topliss-reactive ketones (excluding diaryl/α,β-unsaturated/α-hetero) is 1. The second-order valence-corrected chi connectivity index (χ2v) is 26.9. The van der Waals surface area contributed by atoms with Crippen LogP contribution in [0.25, 0.3) is 0 Å². The number of aliphatic carboxylic acids is 1. The van der Waals surface area contributed by atoms with E-state index in [1.165, 1.54) is 22.3 Å². The summed E-state index contributed by atoms with van der Waals surface area (Å²) in [4.78, 5) is 52.7. The average molecular weight is 1050 g/mol. The molecule has 0 spiro atoms. The van der Waals surface area contributed by atoms with Gasteiger partial charge in [-0.3, -0.25) is 14.4 Å². The summed E-state index contributed by atoms with van der Waals surface area (Å²) in [6.45, 7) is 18.2. The Morgan fingerprint density at radius 3 is 2.43 bits per heavy atom. The number of aliphatic hydroxyl groups is 2. The number of benzene rings is 1. The van der Waals surface area contributed by atoms with Crippen molar-refractivity contribution in [3.8, 4) is 11.8 Å². The van der Waals surface area contributed by atoms with Gasteiger partial charge in [-0.2, -0.15) is 0 Å². The van der Waals surface area contributed by atoms with Crippen molar-refractivity contribution >= 4 is 29.5 Å². The lowest BCUT2D eigenvalue weighted by Crippen LogP contribution is -2.63. The Kier molecular flexibility index (Phi) is 16.5. The van der Waals surface area contributed by atoms with Gasteiger partial charge in [0.25, 0.3) is 0 Å². The lowest BCUT2D eigenvalue weighted by molar-refractivity contribution is -0.219. The predicted octanol–water partition coefficient (Wildman–Crippen LogP) is 11.5. The van der Waals surface area contributed by atoms with E-state index in [-0.39, 0.29) is 83.3 Å². The number of esters is 1. The number of nitrogens with zero attached hydrogens (tertiary/aromatic N) is 1. The maximum atomic E-state index is 13.9. The summed E-state index contributed by atoms with van der Waals surface area (Å²) in [5.41, 5.74) is 4.16. The molecule has 16 atom stereocenters. The van der Waals surface area contributed by atoms with Crippen molar-refractivity contribution in [1.29, 1.82) is 0 Å². The molecule has 1 amide bonds. The van der Waals surface area contributed by atoms with Crippen LogP contribution in [-0.2, 0) is 28.6 Å². The molecule has 0 bridgehead atoms. The van der Waals surface area contributed by atoms with Crippen molar-refractivity contribution in [1.82, 2.24) is 5.32 Å². The van der Waals surface area contributed by atoms with Crippen molar-refractivity contribution in [3.05, 3.63) is 52.6 Å². The number of amides is 1. The third-order valence-electron chi connectivity index (χ3n) is 21.8. The fourth-order valence-electron chi connectivity index (χ4n) is 17.8. The van der Waals surface area contributed by atoms with Crippen LogP contribution in [0.5, 0.6) is 0 Å². The van der Waals surface area contributed by atoms with E-state index in [0.29, 0.717) is 75.7 Å². The molecule has 1 aromatic carbocycles. The number of likely N-dealkylation sites (N-methyl/N-ethyl adjacent to an activating group) is 1. The number of fused-ring (bicyclic) bond motifs is 9. The Hall–Kier alpha value is -4.18. The third-order valence-corrected chi connectivity index (χ3v) is 21.8. The number of anilines is 1. The van der Waals surface area contributed by atoms with Crippen LogP contribution < -0.4 is 10.2 Å². The van der Waals surface area contributed by atoms with Crippen molar-refractivity contribution < 1.29 is 48.7 Å². The van der Waals surface area contributed by atoms with Crippen LogP contribution >= 0.6 is 0 Å². The number of hydrogen-bond acceptors (Lipinski definition) is 10. The van der Waals surface area contributed by atoms with Crippen molar-refractivity contribution in [2.75, 3.05) is 31.6 Å². The van der Waals surface area contributed by atoms with E-state index < -0.39 is 34.8 Å². The zero-order valence-corrected chi connectivity index (χ0v) is 47.5. The van der Waals surface area contributed by atoms with Crippen LogP contribution in [0.4, 0.5) is 10.5 Å². The molecule has 8 aliphatic rings. The van der Waals surface area contributed by atoms with Crippen LogP contribution in [0.2, 0.25) is 0 Å². The van der Waals surface area contributed by atoms with Crippen LogP contribution in [0.3, 0.4) is 0 Å². The number of ether oxygens (including phenoxy) is 3. The van der Waals surface area contributed by atoms with Crippen LogP contribution in [-0.4, -0.2) is 95.4 Å². The minimum Gasteiger partial charge on any atom is -0.481 e. The molecule has 0 heterocycles. The summed E-state index contributed by atoms with van der Waals surface area (Å²) in [5, 5.41) is 36.9. The first-order valence-corrected chi connectivity index (χ1v) is 29.6. The second kappa shape index (κ2) is 22.2. The Labute approximate surface area is 454 Å². The number of allylic oxidation sites excluding steroid dienone is 4. The van der Waals surface area contributed by atoms with Gasteiger partial charge in [0.15, 0.2) is 0 Å².